The van der Waals surface area contributed by atoms with E-state index in [1.165, 1.54) is 0 Å². The summed E-state index contributed by atoms with van der Waals surface area (Å²) in [6, 6.07) is 0.127. The normalized spacial score (nSPS) is 24.0. The molecule has 1 aliphatic rings. The maximum absolute atomic E-state index is 12.2. The van der Waals surface area contributed by atoms with E-state index >= 15 is 0 Å². The van der Waals surface area contributed by atoms with E-state index in [9.17, 15) is 13.2 Å². The summed E-state index contributed by atoms with van der Waals surface area (Å²) in [4.78, 5) is 5.86. The smallest absolute Gasteiger partial charge is 0.338 e. The van der Waals surface area contributed by atoms with Crippen molar-refractivity contribution in [2.45, 2.75) is 45.5 Å². The number of nitrogens with two attached hydrogens (primary N) is 1. The molecule has 2 N–H and O–H groups in total. The van der Waals surface area contributed by atoms with Gasteiger partial charge in [0.25, 0.3) is 0 Å². The second-order valence-corrected chi connectivity index (χ2v) is 5.99. The fourth-order valence-corrected chi connectivity index (χ4v) is 2.42. The Morgan fingerprint density at radius 2 is 2.15 bits per heavy atom. The van der Waals surface area contributed by atoms with Crippen molar-refractivity contribution < 1.29 is 17.7 Å². The summed E-state index contributed by atoms with van der Waals surface area (Å²) in [5.41, 5.74) is 6.00. The molecule has 0 amide bonds. The van der Waals surface area contributed by atoms with Crippen LogP contribution in [0, 0.1) is 5.41 Å². The zero-order valence-corrected chi connectivity index (χ0v) is 11.6. The molecule has 5 nitrogen and oxygen atoms in total. The number of hydrogen-bond donors (Lipinski definition) is 1. The summed E-state index contributed by atoms with van der Waals surface area (Å²) in [6.07, 6.45) is -4.63. The molecule has 1 aromatic heterocycles. The van der Waals surface area contributed by atoms with Crippen LogP contribution in [0.2, 0.25) is 0 Å². The number of piperidine rings is 1. The molecule has 2 heterocycles. The molecule has 0 aromatic carbocycles. The van der Waals surface area contributed by atoms with E-state index in [2.05, 4.69) is 28.9 Å². The van der Waals surface area contributed by atoms with E-state index < -0.39 is 12.6 Å². The lowest BCUT2D eigenvalue weighted by molar-refractivity contribution is -0.128. The van der Waals surface area contributed by atoms with Gasteiger partial charge in [0, 0.05) is 19.1 Å². The van der Waals surface area contributed by atoms with Crippen LogP contribution in [-0.4, -0.2) is 40.3 Å². The maximum atomic E-state index is 12.2. The van der Waals surface area contributed by atoms with Crippen molar-refractivity contribution in [2.24, 2.45) is 11.1 Å². The van der Waals surface area contributed by atoms with Gasteiger partial charge >= 0.3 is 6.18 Å². The molecule has 0 radical (unpaired) electrons. The Morgan fingerprint density at radius 3 is 2.75 bits per heavy atom. The van der Waals surface area contributed by atoms with E-state index in [-0.39, 0.29) is 23.2 Å². The summed E-state index contributed by atoms with van der Waals surface area (Å²) in [6.45, 7) is 6.05. The van der Waals surface area contributed by atoms with Gasteiger partial charge in [-0.05, 0) is 11.8 Å². The summed E-state index contributed by atoms with van der Waals surface area (Å²) in [5.74, 6) is -0.101. The minimum Gasteiger partial charge on any atom is -0.338 e. The first-order valence-electron chi connectivity index (χ1n) is 6.52. The van der Waals surface area contributed by atoms with Gasteiger partial charge in [-0.3, -0.25) is 4.90 Å². The third-order valence-corrected chi connectivity index (χ3v) is 3.62. The molecule has 0 bridgehead atoms. The molecule has 0 saturated carbocycles. The van der Waals surface area contributed by atoms with E-state index in [0.717, 1.165) is 19.5 Å². The fraction of sp³-hybridized carbons (Fsp3) is 0.833. The number of halogens is 3. The van der Waals surface area contributed by atoms with Crippen LogP contribution in [0.15, 0.2) is 4.52 Å². The molecule has 0 spiro atoms. The summed E-state index contributed by atoms with van der Waals surface area (Å²) in [5, 5.41) is 3.36. The Morgan fingerprint density at radius 1 is 1.45 bits per heavy atom. The third kappa shape index (κ3) is 3.92. The number of alkyl halides is 3. The van der Waals surface area contributed by atoms with Crippen molar-refractivity contribution >= 4 is 0 Å². The van der Waals surface area contributed by atoms with Crippen LogP contribution in [0.3, 0.4) is 0 Å². The molecule has 1 atom stereocenters. The van der Waals surface area contributed by atoms with Crippen LogP contribution < -0.4 is 5.73 Å². The van der Waals surface area contributed by atoms with E-state index in [1.54, 1.807) is 0 Å². The molecule has 2 rings (SSSR count). The van der Waals surface area contributed by atoms with Gasteiger partial charge in [-0.2, -0.15) is 18.2 Å². The Balaban J connectivity index is 1.94. The zero-order chi connectivity index (χ0) is 15.0. The minimum atomic E-state index is -4.32. The van der Waals surface area contributed by atoms with Crippen LogP contribution in [0.4, 0.5) is 13.2 Å². The van der Waals surface area contributed by atoms with Gasteiger partial charge in [0.1, 0.15) is 6.42 Å². The second kappa shape index (κ2) is 5.33. The van der Waals surface area contributed by atoms with Gasteiger partial charge in [0.15, 0.2) is 5.82 Å². The quantitative estimate of drug-likeness (QED) is 0.919. The molecule has 1 fully saturated rings. The van der Waals surface area contributed by atoms with Gasteiger partial charge in [-0.25, -0.2) is 0 Å². The Kier molecular flexibility index (Phi) is 4.06. The van der Waals surface area contributed by atoms with Crippen molar-refractivity contribution in [3.05, 3.63) is 11.7 Å². The van der Waals surface area contributed by atoms with Crippen LogP contribution >= 0.6 is 0 Å². The first-order chi connectivity index (χ1) is 9.16. The number of rotatable bonds is 3. The van der Waals surface area contributed by atoms with Crippen LogP contribution in [0.5, 0.6) is 0 Å². The van der Waals surface area contributed by atoms with Crippen LogP contribution in [0.25, 0.3) is 0 Å². The molecule has 1 aromatic rings. The second-order valence-electron chi connectivity index (χ2n) is 5.99. The highest BCUT2D eigenvalue weighted by atomic mass is 19.4. The lowest BCUT2D eigenvalue weighted by Crippen LogP contribution is -2.52. The lowest BCUT2D eigenvalue weighted by Gasteiger charge is -2.42. The SMILES string of the molecule is CC1(C)CN(Cc2nc(CC(F)(F)F)no2)CCC1N. The average Bonchev–Trinajstić information content (AvgIpc) is 2.68. The monoisotopic (exact) mass is 292 g/mol. The first kappa shape index (κ1) is 15.2. The molecule has 1 unspecified atom stereocenters. The molecule has 1 saturated heterocycles. The number of nitrogens with zero attached hydrogens (tertiary/aromatic N) is 3. The van der Waals surface area contributed by atoms with Crippen molar-refractivity contribution in [3.63, 3.8) is 0 Å². The average molecular weight is 292 g/mol. The highest BCUT2D eigenvalue weighted by Crippen LogP contribution is 2.28. The maximum Gasteiger partial charge on any atom is 0.396 e. The van der Waals surface area contributed by atoms with Crippen molar-refractivity contribution in [1.82, 2.24) is 15.0 Å². The molecule has 8 heteroatoms. The molecule has 1 aliphatic heterocycles. The van der Waals surface area contributed by atoms with Crippen molar-refractivity contribution in [2.75, 3.05) is 13.1 Å². The van der Waals surface area contributed by atoms with E-state index in [4.69, 9.17) is 10.3 Å². The predicted octanol–water partition coefficient (Wildman–Crippen LogP) is 1.73. The highest BCUT2D eigenvalue weighted by molar-refractivity contribution is 4.93. The Bertz CT molecular complexity index is 458. The van der Waals surface area contributed by atoms with Crippen molar-refractivity contribution in [3.8, 4) is 0 Å². The third-order valence-electron chi connectivity index (χ3n) is 3.62. The first-order valence-corrected chi connectivity index (χ1v) is 6.52. The van der Waals surface area contributed by atoms with Gasteiger partial charge in [0.05, 0.1) is 6.54 Å². The lowest BCUT2D eigenvalue weighted by atomic mass is 9.80. The highest BCUT2D eigenvalue weighted by Gasteiger charge is 2.34. The predicted molar refractivity (Wildman–Crippen MR) is 65.7 cm³/mol. The molecular weight excluding hydrogens is 273 g/mol. The van der Waals surface area contributed by atoms with Gasteiger partial charge in [-0.1, -0.05) is 19.0 Å². The summed E-state index contributed by atoms with van der Waals surface area (Å²) >= 11 is 0. The largest absolute Gasteiger partial charge is 0.396 e. The molecular formula is C12H19F3N4O. The molecule has 20 heavy (non-hydrogen) atoms. The number of hydrogen-bond acceptors (Lipinski definition) is 5. The Labute approximate surface area is 115 Å². The van der Waals surface area contributed by atoms with Crippen LogP contribution in [-0.2, 0) is 13.0 Å². The summed E-state index contributed by atoms with van der Waals surface area (Å²) < 4.78 is 41.5. The number of likely N-dealkylation sites (tertiary alicyclic amines) is 1. The van der Waals surface area contributed by atoms with Crippen LogP contribution in [0.1, 0.15) is 32.0 Å². The topological polar surface area (TPSA) is 68.2 Å². The zero-order valence-electron chi connectivity index (χ0n) is 11.6. The Hall–Kier alpha value is -1.15. The fourth-order valence-electron chi connectivity index (χ4n) is 2.42. The minimum absolute atomic E-state index is 0.0347. The molecule has 114 valence electrons. The van der Waals surface area contributed by atoms with E-state index in [0.29, 0.717) is 6.54 Å². The van der Waals surface area contributed by atoms with E-state index in [1.807, 2.05) is 0 Å². The molecule has 0 aliphatic carbocycles. The van der Waals surface area contributed by atoms with Gasteiger partial charge in [-0.15, -0.1) is 0 Å². The van der Waals surface area contributed by atoms with Crippen molar-refractivity contribution in [1.29, 1.82) is 0 Å². The standard InChI is InChI=1S/C12H19F3N4O/c1-11(2)7-19(4-3-8(11)16)6-10-17-9(18-20-10)5-12(13,14)15/h8H,3-7,16H2,1-2H3. The van der Waals surface area contributed by atoms with Gasteiger partial charge in [0.2, 0.25) is 5.89 Å². The number of aromatic nitrogens is 2. The summed E-state index contributed by atoms with van der Waals surface area (Å²) in [7, 11) is 0. The van der Waals surface area contributed by atoms with Gasteiger partial charge < -0.3 is 10.3 Å².